The molecule has 0 aromatic heterocycles. The summed E-state index contributed by atoms with van der Waals surface area (Å²) in [5, 5.41) is 5.43. The van der Waals surface area contributed by atoms with Crippen LogP contribution in [0, 0.1) is 0 Å². The maximum Gasteiger partial charge on any atom is 0.224 e. The summed E-state index contributed by atoms with van der Waals surface area (Å²) >= 11 is 3.51. The minimum absolute atomic E-state index is 0.0842. The topological polar surface area (TPSA) is 29.1 Å². The quantitative estimate of drug-likeness (QED) is 0.821. The van der Waals surface area contributed by atoms with Crippen LogP contribution in [0.3, 0.4) is 0 Å². The van der Waals surface area contributed by atoms with Crippen LogP contribution in [-0.2, 0) is 11.2 Å². The van der Waals surface area contributed by atoms with Gasteiger partial charge in [0.15, 0.2) is 0 Å². The summed E-state index contributed by atoms with van der Waals surface area (Å²) in [6.07, 6.45) is 1.37. The van der Waals surface area contributed by atoms with Crippen molar-refractivity contribution in [3.05, 3.63) is 48.0 Å². The number of benzene rings is 2. The Morgan fingerprint density at radius 2 is 1.85 bits per heavy atom. The van der Waals surface area contributed by atoms with Gasteiger partial charge in [-0.25, -0.2) is 0 Å². The molecule has 0 radical (unpaired) electrons. The monoisotopic (exact) mass is 333 g/mol. The lowest BCUT2D eigenvalue weighted by atomic mass is 10.0. The molecule has 2 atom stereocenters. The zero-order valence-electron chi connectivity index (χ0n) is 11.9. The fraction of sp³-hybridized carbons (Fsp3) is 0.353. The van der Waals surface area contributed by atoms with E-state index in [0.717, 1.165) is 12.0 Å². The molecule has 2 nitrogen and oxygen atoms in total. The first-order valence-electron chi connectivity index (χ1n) is 6.95. The molecule has 2 aromatic carbocycles. The molecule has 0 spiro atoms. The molecule has 0 bridgehead atoms. The third kappa shape index (κ3) is 4.34. The third-order valence-corrected chi connectivity index (χ3v) is 3.64. The molecule has 20 heavy (non-hydrogen) atoms. The van der Waals surface area contributed by atoms with Crippen LogP contribution in [0.5, 0.6) is 0 Å². The number of nitrogens with one attached hydrogen (secondary N) is 1. The van der Waals surface area contributed by atoms with Gasteiger partial charge in [-0.2, -0.15) is 0 Å². The Hall–Kier alpha value is -1.35. The van der Waals surface area contributed by atoms with E-state index >= 15 is 0 Å². The van der Waals surface area contributed by atoms with Crippen LogP contribution in [0.4, 0.5) is 0 Å². The average Bonchev–Trinajstić information content (AvgIpc) is 2.37. The fourth-order valence-corrected chi connectivity index (χ4v) is 2.97. The van der Waals surface area contributed by atoms with Crippen molar-refractivity contribution in [1.82, 2.24) is 5.32 Å². The Morgan fingerprint density at radius 3 is 2.55 bits per heavy atom. The second-order valence-electron chi connectivity index (χ2n) is 5.34. The van der Waals surface area contributed by atoms with Gasteiger partial charge >= 0.3 is 0 Å². The van der Waals surface area contributed by atoms with Gasteiger partial charge in [0.25, 0.3) is 0 Å². The molecule has 2 aromatic rings. The number of hydrogen-bond acceptors (Lipinski definition) is 1. The highest BCUT2D eigenvalue weighted by atomic mass is 79.9. The van der Waals surface area contributed by atoms with Crippen LogP contribution in [0.15, 0.2) is 42.5 Å². The first-order valence-corrected chi connectivity index (χ1v) is 7.87. The molecule has 106 valence electrons. The Morgan fingerprint density at radius 1 is 1.15 bits per heavy atom. The predicted octanol–water partition coefficient (Wildman–Crippen LogP) is 4.06. The molecule has 2 rings (SSSR count). The van der Waals surface area contributed by atoms with E-state index in [4.69, 9.17) is 0 Å². The molecule has 2 unspecified atom stereocenters. The van der Waals surface area contributed by atoms with Gasteiger partial charge in [0.1, 0.15) is 0 Å². The summed E-state index contributed by atoms with van der Waals surface area (Å²) in [7, 11) is 0. The SMILES string of the molecule is CC(Br)CC(C)NC(=O)Cc1ccc2ccccc2c1. The van der Waals surface area contributed by atoms with Crippen molar-refractivity contribution >= 4 is 32.6 Å². The number of rotatable bonds is 5. The lowest BCUT2D eigenvalue weighted by Gasteiger charge is -2.15. The summed E-state index contributed by atoms with van der Waals surface area (Å²) in [5.74, 6) is 0.0842. The zero-order valence-corrected chi connectivity index (χ0v) is 13.5. The van der Waals surface area contributed by atoms with E-state index in [0.29, 0.717) is 11.2 Å². The molecule has 0 aliphatic carbocycles. The minimum atomic E-state index is 0.0842. The molecule has 0 heterocycles. The van der Waals surface area contributed by atoms with Crippen LogP contribution in [0.2, 0.25) is 0 Å². The van der Waals surface area contributed by atoms with Gasteiger partial charge in [0.05, 0.1) is 6.42 Å². The van der Waals surface area contributed by atoms with E-state index in [1.165, 1.54) is 10.8 Å². The standard InChI is InChI=1S/C17H20BrNO/c1-12(18)9-13(2)19-17(20)11-14-7-8-15-5-3-4-6-16(15)10-14/h3-8,10,12-13H,9,11H2,1-2H3,(H,19,20). The van der Waals surface area contributed by atoms with Crippen LogP contribution in [-0.4, -0.2) is 16.8 Å². The van der Waals surface area contributed by atoms with Crippen molar-refractivity contribution in [2.24, 2.45) is 0 Å². The van der Waals surface area contributed by atoms with Crippen molar-refractivity contribution in [3.8, 4) is 0 Å². The number of fused-ring (bicyclic) bond motifs is 1. The summed E-state index contributed by atoms with van der Waals surface area (Å²) in [6.45, 7) is 4.13. The maximum absolute atomic E-state index is 12.0. The summed E-state index contributed by atoms with van der Waals surface area (Å²) in [6, 6.07) is 14.6. The highest BCUT2D eigenvalue weighted by molar-refractivity contribution is 9.09. The van der Waals surface area contributed by atoms with Crippen LogP contribution in [0.1, 0.15) is 25.8 Å². The Labute approximate surface area is 128 Å². The number of amides is 1. The van der Waals surface area contributed by atoms with Gasteiger partial charge < -0.3 is 5.32 Å². The highest BCUT2D eigenvalue weighted by Crippen LogP contribution is 2.16. The van der Waals surface area contributed by atoms with E-state index in [9.17, 15) is 4.79 Å². The van der Waals surface area contributed by atoms with E-state index in [1.807, 2.05) is 25.1 Å². The molecule has 1 N–H and O–H groups in total. The van der Waals surface area contributed by atoms with E-state index < -0.39 is 0 Å². The van der Waals surface area contributed by atoms with Gasteiger partial charge in [0, 0.05) is 10.9 Å². The maximum atomic E-state index is 12.0. The minimum Gasteiger partial charge on any atom is -0.353 e. The number of halogens is 1. The van der Waals surface area contributed by atoms with Crippen LogP contribution in [0.25, 0.3) is 10.8 Å². The van der Waals surface area contributed by atoms with Crippen LogP contribution >= 0.6 is 15.9 Å². The van der Waals surface area contributed by atoms with Crippen molar-refractivity contribution in [2.45, 2.75) is 37.6 Å². The number of alkyl halides is 1. The first kappa shape index (κ1) is 15.0. The average molecular weight is 334 g/mol. The number of hydrogen-bond donors (Lipinski definition) is 1. The molecule has 0 saturated carbocycles. The number of carbonyl (C=O) groups excluding carboxylic acids is 1. The lowest BCUT2D eigenvalue weighted by Crippen LogP contribution is -2.34. The van der Waals surface area contributed by atoms with Crippen molar-refractivity contribution in [1.29, 1.82) is 0 Å². The highest BCUT2D eigenvalue weighted by Gasteiger charge is 2.10. The second-order valence-corrected chi connectivity index (χ2v) is 6.91. The lowest BCUT2D eigenvalue weighted by molar-refractivity contribution is -0.121. The predicted molar refractivity (Wildman–Crippen MR) is 88.3 cm³/mol. The Bertz CT molecular complexity index is 594. The summed E-state index contributed by atoms with van der Waals surface area (Å²) in [5.41, 5.74) is 1.06. The molecular formula is C17H20BrNO. The van der Waals surface area contributed by atoms with Gasteiger partial charge in [-0.3, -0.25) is 4.79 Å². The first-order chi connectivity index (χ1) is 9.54. The third-order valence-electron chi connectivity index (χ3n) is 3.26. The molecule has 0 fully saturated rings. The van der Waals surface area contributed by atoms with Gasteiger partial charge in [-0.05, 0) is 29.7 Å². The normalized spacial score (nSPS) is 13.9. The molecular weight excluding hydrogens is 314 g/mol. The molecule has 3 heteroatoms. The Balaban J connectivity index is 1.99. The van der Waals surface area contributed by atoms with Gasteiger partial charge in [0.2, 0.25) is 5.91 Å². The van der Waals surface area contributed by atoms with E-state index in [-0.39, 0.29) is 11.9 Å². The van der Waals surface area contributed by atoms with E-state index in [2.05, 4.69) is 52.4 Å². The van der Waals surface area contributed by atoms with E-state index in [1.54, 1.807) is 0 Å². The second kappa shape index (κ2) is 6.89. The van der Waals surface area contributed by atoms with Gasteiger partial charge in [-0.1, -0.05) is 65.3 Å². The molecule has 0 aliphatic rings. The summed E-state index contributed by atoms with van der Waals surface area (Å²) in [4.78, 5) is 12.4. The molecule has 0 saturated heterocycles. The molecule has 1 amide bonds. The Kier molecular flexibility index (Phi) is 5.18. The number of carbonyl (C=O) groups is 1. The van der Waals surface area contributed by atoms with Gasteiger partial charge in [-0.15, -0.1) is 0 Å². The van der Waals surface area contributed by atoms with Crippen LogP contribution < -0.4 is 5.32 Å². The zero-order chi connectivity index (χ0) is 14.5. The van der Waals surface area contributed by atoms with Crippen molar-refractivity contribution < 1.29 is 4.79 Å². The smallest absolute Gasteiger partial charge is 0.224 e. The molecule has 0 aliphatic heterocycles. The largest absolute Gasteiger partial charge is 0.353 e. The van der Waals surface area contributed by atoms with Crippen molar-refractivity contribution in [2.75, 3.05) is 0 Å². The van der Waals surface area contributed by atoms with Crippen molar-refractivity contribution in [3.63, 3.8) is 0 Å². The summed E-state index contributed by atoms with van der Waals surface area (Å²) < 4.78 is 0. The fourth-order valence-electron chi connectivity index (χ4n) is 2.41.